The van der Waals surface area contributed by atoms with Gasteiger partial charge >= 0.3 is 5.97 Å². The molecule has 0 aliphatic heterocycles. The molecule has 1 fully saturated rings. The molecule has 0 aromatic carbocycles. The molecule has 0 amide bonds. The number of aliphatic carboxylic acids is 2. The number of carbonyl (C=O) groups excluding carboxylic acids is 2. The van der Waals surface area contributed by atoms with Crippen LogP contribution in [0.4, 0.5) is 0 Å². The summed E-state index contributed by atoms with van der Waals surface area (Å²) in [5.74, 6) is -3.20. The molecule has 0 radical (unpaired) electrons. The van der Waals surface area contributed by atoms with E-state index in [1.807, 2.05) is 13.8 Å². The third-order valence-corrected chi connectivity index (χ3v) is 4.25. The summed E-state index contributed by atoms with van der Waals surface area (Å²) in [6, 6.07) is 0. The maximum atomic E-state index is 12.2. The van der Waals surface area contributed by atoms with Crippen LogP contribution in [0, 0.1) is 5.92 Å². The summed E-state index contributed by atoms with van der Waals surface area (Å²) in [6.45, 7) is 6.98. The van der Waals surface area contributed by atoms with Gasteiger partial charge in [-0.05, 0) is 26.7 Å². The normalized spacial score (nSPS) is 15.8. The van der Waals surface area contributed by atoms with Crippen molar-refractivity contribution in [2.75, 3.05) is 33.4 Å². The fourth-order valence-electron chi connectivity index (χ4n) is 2.89. The van der Waals surface area contributed by atoms with Crippen molar-refractivity contribution < 1.29 is 39.0 Å². The van der Waals surface area contributed by atoms with Crippen molar-refractivity contribution in [2.45, 2.75) is 58.7 Å². The molecule has 0 saturated heterocycles. The fraction of sp³-hybridized carbons (Fsp3) is 0.833. The topological polar surface area (TPSA) is 117 Å². The third-order valence-electron chi connectivity index (χ3n) is 4.25. The van der Waals surface area contributed by atoms with E-state index in [4.69, 9.17) is 29.3 Å². The van der Waals surface area contributed by atoms with E-state index < -0.39 is 11.9 Å². The maximum absolute atomic E-state index is 12.2. The highest BCUT2D eigenvalue weighted by molar-refractivity contribution is 6.26. The Morgan fingerprint density at radius 3 is 2.04 bits per heavy atom. The number of ether oxygens (including phenoxy) is 2. The van der Waals surface area contributed by atoms with Gasteiger partial charge in [0.15, 0.2) is 5.97 Å². The van der Waals surface area contributed by atoms with E-state index in [2.05, 4.69) is 7.05 Å². The van der Waals surface area contributed by atoms with Crippen LogP contribution in [0.25, 0.3) is 0 Å². The first-order chi connectivity index (χ1) is 12.3. The lowest BCUT2D eigenvalue weighted by molar-refractivity contribution is -0.885. The Hall–Kier alpha value is -1.51. The minimum absolute atomic E-state index is 0.144. The molecule has 152 valence electrons. The lowest BCUT2D eigenvalue weighted by Gasteiger charge is -2.23. The maximum Gasteiger partial charge on any atom is 0.351 e. The smallest absolute Gasteiger partial charge is 0.351 e. The second kappa shape index (κ2) is 14.6. The summed E-state index contributed by atoms with van der Waals surface area (Å²) in [7, 11) is 2.11. The average Bonchev–Trinajstić information content (AvgIpc) is 2.61. The molecule has 0 spiro atoms. The fourth-order valence-corrected chi connectivity index (χ4v) is 2.89. The number of ketones is 1. The molecule has 0 bridgehead atoms. The van der Waals surface area contributed by atoms with Gasteiger partial charge in [-0.2, -0.15) is 0 Å². The number of quaternary nitrogens is 1. The van der Waals surface area contributed by atoms with Gasteiger partial charge in [0.25, 0.3) is 0 Å². The van der Waals surface area contributed by atoms with E-state index in [0.717, 1.165) is 25.9 Å². The minimum Gasteiger partial charge on any atom is -0.539 e. The largest absolute Gasteiger partial charge is 0.539 e. The van der Waals surface area contributed by atoms with Crippen molar-refractivity contribution in [1.82, 2.24) is 0 Å². The second-order valence-corrected chi connectivity index (χ2v) is 6.40. The van der Waals surface area contributed by atoms with Crippen molar-refractivity contribution in [2.24, 2.45) is 5.92 Å². The van der Waals surface area contributed by atoms with Crippen LogP contribution in [-0.4, -0.2) is 62.5 Å². The number of carbonyl (C=O) groups is 3. The molecule has 1 rings (SSSR count). The summed E-state index contributed by atoms with van der Waals surface area (Å²) in [6.07, 6.45) is 6.54. The first kappa shape index (κ1) is 24.5. The first-order valence-corrected chi connectivity index (χ1v) is 9.33. The summed E-state index contributed by atoms with van der Waals surface area (Å²) in [5.41, 5.74) is 0. The molecule has 0 heterocycles. The Kier molecular flexibility index (Phi) is 13.8. The van der Waals surface area contributed by atoms with E-state index in [1.54, 1.807) is 0 Å². The molecular weight excluding hydrogens is 342 g/mol. The number of carboxylic acid groups (broad SMARTS) is 2. The summed E-state index contributed by atoms with van der Waals surface area (Å²) in [4.78, 5) is 31.5. The zero-order chi connectivity index (χ0) is 19.9. The van der Waals surface area contributed by atoms with Gasteiger partial charge in [-0.15, -0.1) is 0 Å². The molecule has 0 aromatic rings. The van der Waals surface area contributed by atoms with Gasteiger partial charge in [-0.3, -0.25) is 4.79 Å². The van der Waals surface area contributed by atoms with E-state index in [1.165, 1.54) is 24.2 Å². The van der Waals surface area contributed by atoms with Crippen LogP contribution in [0.2, 0.25) is 0 Å². The standard InChI is InChI=1S/C16H31NO3.C2H2O4/c1-4-19-16(20-5-2)13-17(3)12-11-15(18)14-9-7-6-8-10-14;3-1(4)2(5)6/h14,16H,4-13H2,1-3H3;(H,3,4)(H,5,6). The molecule has 1 aliphatic rings. The van der Waals surface area contributed by atoms with Gasteiger partial charge in [-0.25, -0.2) is 4.79 Å². The van der Waals surface area contributed by atoms with E-state index in [0.29, 0.717) is 31.3 Å². The molecular formula is C18H33NO7. The Balaban J connectivity index is 0.000000896. The highest BCUT2D eigenvalue weighted by Crippen LogP contribution is 2.24. The van der Waals surface area contributed by atoms with Crippen LogP contribution in [0.1, 0.15) is 52.4 Å². The lowest BCUT2D eigenvalue weighted by atomic mass is 9.85. The molecule has 0 aromatic heterocycles. The zero-order valence-electron chi connectivity index (χ0n) is 16.1. The predicted molar refractivity (Wildman–Crippen MR) is 92.5 cm³/mol. The van der Waals surface area contributed by atoms with Gasteiger partial charge in [0.05, 0.1) is 20.0 Å². The summed E-state index contributed by atoms with van der Waals surface area (Å²) in [5, 5.41) is 16.3. The predicted octanol–water partition coefficient (Wildman–Crippen LogP) is -0.739. The van der Waals surface area contributed by atoms with Crippen molar-refractivity contribution >= 4 is 17.7 Å². The molecule has 1 aliphatic carbocycles. The number of rotatable bonds is 10. The number of hydrogen-bond acceptors (Lipinski definition) is 6. The molecule has 1 unspecified atom stereocenters. The molecule has 26 heavy (non-hydrogen) atoms. The van der Waals surface area contributed by atoms with Crippen molar-refractivity contribution in [3.05, 3.63) is 0 Å². The van der Waals surface area contributed by atoms with Crippen LogP contribution in [0.5, 0.6) is 0 Å². The van der Waals surface area contributed by atoms with Gasteiger partial charge in [0.1, 0.15) is 12.3 Å². The van der Waals surface area contributed by atoms with Gasteiger partial charge in [0, 0.05) is 19.1 Å². The third kappa shape index (κ3) is 11.9. The zero-order valence-corrected chi connectivity index (χ0v) is 16.1. The molecule has 1 atom stereocenters. The Bertz CT molecular complexity index is 404. The molecule has 2 N–H and O–H groups in total. The SMILES string of the molecule is CCOC(C[NH+](C)CCC(=O)C1CCCCC1)OCC.O=C([O-])C(=O)O. The quantitative estimate of drug-likeness (QED) is 0.381. The minimum atomic E-state index is -2.07. The van der Waals surface area contributed by atoms with Crippen LogP contribution in [-0.2, 0) is 23.9 Å². The van der Waals surface area contributed by atoms with Crippen molar-refractivity contribution in [3.8, 4) is 0 Å². The highest BCUT2D eigenvalue weighted by atomic mass is 16.7. The highest BCUT2D eigenvalue weighted by Gasteiger charge is 2.22. The summed E-state index contributed by atoms with van der Waals surface area (Å²) >= 11 is 0. The van der Waals surface area contributed by atoms with Crippen molar-refractivity contribution in [3.63, 3.8) is 0 Å². The van der Waals surface area contributed by atoms with Gasteiger partial charge < -0.3 is 29.4 Å². The van der Waals surface area contributed by atoms with Gasteiger partial charge in [0.2, 0.25) is 6.29 Å². The molecule has 8 nitrogen and oxygen atoms in total. The number of nitrogens with one attached hydrogen (secondary N) is 1. The monoisotopic (exact) mass is 375 g/mol. The van der Waals surface area contributed by atoms with Crippen molar-refractivity contribution in [1.29, 1.82) is 0 Å². The number of carboxylic acids is 2. The van der Waals surface area contributed by atoms with Crippen LogP contribution in [0.15, 0.2) is 0 Å². The van der Waals surface area contributed by atoms with E-state index >= 15 is 0 Å². The number of likely N-dealkylation sites (N-methyl/N-ethyl adjacent to an activating group) is 1. The second-order valence-electron chi connectivity index (χ2n) is 6.40. The lowest BCUT2D eigenvalue weighted by Crippen LogP contribution is -3.10. The van der Waals surface area contributed by atoms with Gasteiger partial charge in [-0.1, -0.05) is 19.3 Å². The van der Waals surface area contributed by atoms with E-state index in [9.17, 15) is 4.79 Å². The number of hydrogen-bond donors (Lipinski definition) is 2. The first-order valence-electron chi connectivity index (χ1n) is 9.33. The summed E-state index contributed by atoms with van der Waals surface area (Å²) < 4.78 is 11.1. The van der Waals surface area contributed by atoms with E-state index in [-0.39, 0.29) is 6.29 Å². The van der Waals surface area contributed by atoms with Crippen LogP contribution >= 0.6 is 0 Å². The Morgan fingerprint density at radius 2 is 1.62 bits per heavy atom. The molecule has 1 saturated carbocycles. The molecule has 8 heteroatoms. The number of Topliss-reactive ketones (excluding diaryl/α,β-unsaturated/α-hetero) is 1. The Morgan fingerprint density at radius 1 is 1.12 bits per heavy atom. The average molecular weight is 375 g/mol. The van der Waals surface area contributed by atoms with Crippen LogP contribution in [0.3, 0.4) is 0 Å². The van der Waals surface area contributed by atoms with Crippen LogP contribution < -0.4 is 10.0 Å². The Labute approximate surface area is 155 Å².